The molecule has 0 saturated heterocycles. The number of para-hydroxylation sites is 1. The summed E-state index contributed by atoms with van der Waals surface area (Å²) in [4.78, 5) is 3.80. The van der Waals surface area contributed by atoms with E-state index in [1.165, 1.54) is 114 Å². The zero-order chi connectivity index (χ0) is 33.1. The van der Waals surface area contributed by atoms with E-state index in [2.05, 4.69) is 164 Å². The van der Waals surface area contributed by atoms with Gasteiger partial charge < -0.3 is 4.98 Å². The highest BCUT2D eigenvalue weighted by Crippen LogP contribution is 2.54. The molecule has 0 atom stereocenters. The molecule has 1 aromatic heterocycles. The number of H-pyrrole nitrogens is 1. The lowest BCUT2D eigenvalue weighted by Crippen LogP contribution is -1.93. The molecular weight excluding hydrogens is 603 g/mol. The van der Waals surface area contributed by atoms with Crippen molar-refractivity contribution >= 4 is 103 Å². The fraction of sp³-hybridized carbons (Fsp3) is 0.0204. The largest absolute Gasteiger partial charge is 0.354 e. The standard InChI is InChI=1S/C49H31N/c1-3-14-28(15-4-2)43-47-35-23-12-21-32-30-18-8-9-19-31(30)37(44(32)35)26-38(47)42(29-16-6-5-7-17-29)48-36-24-13-22-34-45(36)39(49(43)48)27-41-46(34)33-20-10-11-25-40(33)50-41/h3-27,50H,1H2,2H3/b15-4-,28-14+. The monoisotopic (exact) mass is 633 g/mol. The van der Waals surface area contributed by atoms with Gasteiger partial charge in [0.05, 0.1) is 0 Å². The van der Waals surface area contributed by atoms with E-state index in [1.54, 1.807) is 0 Å². The minimum absolute atomic E-state index is 1.16. The molecule has 0 aliphatic carbocycles. The molecule has 11 aromatic rings. The first-order chi connectivity index (χ1) is 24.8. The summed E-state index contributed by atoms with van der Waals surface area (Å²) >= 11 is 0. The lowest BCUT2D eigenvalue weighted by atomic mass is 9.83. The second-order valence-corrected chi connectivity index (χ2v) is 13.6. The predicted molar refractivity (Wildman–Crippen MR) is 219 cm³/mol. The molecule has 1 N–H and O–H groups in total. The number of fused-ring (bicyclic) bond motifs is 12. The maximum atomic E-state index is 4.20. The van der Waals surface area contributed by atoms with Crippen LogP contribution in [0.3, 0.4) is 0 Å². The van der Waals surface area contributed by atoms with E-state index in [4.69, 9.17) is 0 Å². The number of aromatic nitrogens is 1. The van der Waals surface area contributed by atoms with E-state index in [-0.39, 0.29) is 0 Å². The minimum atomic E-state index is 1.16. The lowest BCUT2D eigenvalue weighted by Gasteiger charge is -2.19. The Labute approximate surface area is 288 Å². The fourth-order valence-corrected chi connectivity index (χ4v) is 9.35. The first kappa shape index (κ1) is 27.5. The molecule has 0 amide bonds. The third-order valence-corrected chi connectivity index (χ3v) is 11.1. The quantitative estimate of drug-likeness (QED) is 0.147. The van der Waals surface area contributed by atoms with Gasteiger partial charge in [0.15, 0.2) is 0 Å². The molecule has 0 aliphatic rings. The van der Waals surface area contributed by atoms with Crippen LogP contribution in [0.5, 0.6) is 0 Å². The molecule has 1 heteroatoms. The van der Waals surface area contributed by atoms with Crippen LogP contribution in [0.4, 0.5) is 0 Å². The zero-order valence-corrected chi connectivity index (χ0v) is 27.6. The molecule has 1 heterocycles. The molecule has 0 spiro atoms. The maximum absolute atomic E-state index is 4.20. The van der Waals surface area contributed by atoms with Crippen molar-refractivity contribution in [2.24, 2.45) is 0 Å². The number of benzene rings is 8. The molecule has 50 heavy (non-hydrogen) atoms. The molecule has 232 valence electrons. The summed E-state index contributed by atoms with van der Waals surface area (Å²) in [5.74, 6) is 0. The fourth-order valence-electron chi connectivity index (χ4n) is 9.35. The smallest absolute Gasteiger partial charge is 0.0477 e. The summed E-state index contributed by atoms with van der Waals surface area (Å²) in [5, 5.41) is 20.8. The van der Waals surface area contributed by atoms with Crippen molar-refractivity contribution in [1.29, 1.82) is 0 Å². The normalized spacial score (nSPS) is 13.0. The van der Waals surface area contributed by atoms with Gasteiger partial charge in [-0.15, -0.1) is 0 Å². The molecule has 0 unspecified atom stereocenters. The van der Waals surface area contributed by atoms with Crippen LogP contribution >= 0.6 is 0 Å². The van der Waals surface area contributed by atoms with E-state index in [9.17, 15) is 0 Å². The van der Waals surface area contributed by atoms with Gasteiger partial charge in [-0.05, 0) is 123 Å². The molecule has 0 saturated carbocycles. The minimum Gasteiger partial charge on any atom is -0.354 e. The summed E-state index contributed by atoms with van der Waals surface area (Å²) in [6.07, 6.45) is 8.55. The number of aromatic amines is 1. The molecule has 0 bridgehead atoms. The Morgan fingerprint density at radius 1 is 0.480 bits per heavy atom. The highest BCUT2D eigenvalue weighted by Gasteiger charge is 2.27. The predicted octanol–water partition coefficient (Wildman–Crippen LogP) is 14.1. The first-order valence-corrected chi connectivity index (χ1v) is 17.4. The van der Waals surface area contributed by atoms with Gasteiger partial charge in [-0.25, -0.2) is 0 Å². The molecule has 10 aromatic carbocycles. The highest BCUT2D eigenvalue weighted by molar-refractivity contribution is 6.45. The van der Waals surface area contributed by atoms with Gasteiger partial charge in [0.25, 0.3) is 0 Å². The Bertz CT molecular complexity index is 3260. The maximum Gasteiger partial charge on any atom is 0.0477 e. The zero-order valence-electron chi connectivity index (χ0n) is 27.6. The Kier molecular flexibility index (Phi) is 5.52. The third-order valence-electron chi connectivity index (χ3n) is 11.1. The molecule has 0 radical (unpaired) electrons. The molecule has 0 aliphatic heterocycles. The summed E-state index contributed by atoms with van der Waals surface area (Å²) in [6, 6.07) is 47.4. The van der Waals surface area contributed by atoms with Gasteiger partial charge >= 0.3 is 0 Å². The average molecular weight is 634 g/mol. The number of allylic oxidation sites excluding steroid dienone is 5. The topological polar surface area (TPSA) is 15.8 Å². The number of hydrogen-bond acceptors (Lipinski definition) is 0. The highest BCUT2D eigenvalue weighted by atomic mass is 14.7. The SMILES string of the molecule is C=C/C=C(\C=C/C)c1c2c(cc3c4ccccc4c4cccc2c43)c(-c2ccccc2)c2c3cccc4c5c(cc(c12)c34)[nH]c1ccccc15. The van der Waals surface area contributed by atoms with Crippen molar-refractivity contribution in [2.45, 2.75) is 6.92 Å². The van der Waals surface area contributed by atoms with Gasteiger partial charge in [0.1, 0.15) is 0 Å². The summed E-state index contributed by atoms with van der Waals surface area (Å²) in [6.45, 7) is 6.31. The second-order valence-electron chi connectivity index (χ2n) is 13.6. The number of rotatable bonds is 4. The van der Waals surface area contributed by atoms with Crippen molar-refractivity contribution in [3.05, 3.63) is 164 Å². The number of hydrogen-bond donors (Lipinski definition) is 1. The van der Waals surface area contributed by atoms with Gasteiger partial charge in [0, 0.05) is 21.8 Å². The van der Waals surface area contributed by atoms with Crippen LogP contribution < -0.4 is 0 Å². The lowest BCUT2D eigenvalue weighted by molar-refractivity contribution is 1.56. The van der Waals surface area contributed by atoms with Crippen molar-refractivity contribution < 1.29 is 0 Å². The number of nitrogens with one attached hydrogen (secondary N) is 1. The van der Waals surface area contributed by atoms with Crippen LogP contribution in [0.25, 0.3) is 114 Å². The van der Waals surface area contributed by atoms with E-state index in [0.717, 1.165) is 5.57 Å². The Morgan fingerprint density at radius 3 is 1.86 bits per heavy atom. The summed E-state index contributed by atoms with van der Waals surface area (Å²) < 4.78 is 0. The Hall–Kier alpha value is -6.44. The molecule has 11 rings (SSSR count). The van der Waals surface area contributed by atoms with Gasteiger partial charge in [-0.1, -0.05) is 140 Å². The average Bonchev–Trinajstić information content (AvgIpc) is 3.81. The van der Waals surface area contributed by atoms with E-state index >= 15 is 0 Å². The van der Waals surface area contributed by atoms with E-state index < -0.39 is 0 Å². The van der Waals surface area contributed by atoms with Crippen LogP contribution in [0.15, 0.2) is 158 Å². The first-order valence-electron chi connectivity index (χ1n) is 17.4. The second kappa shape index (κ2) is 10.0. The van der Waals surface area contributed by atoms with Crippen LogP contribution in [0.2, 0.25) is 0 Å². The van der Waals surface area contributed by atoms with Crippen LogP contribution in [-0.4, -0.2) is 4.98 Å². The van der Waals surface area contributed by atoms with Crippen LogP contribution in [0.1, 0.15) is 12.5 Å². The van der Waals surface area contributed by atoms with E-state index in [1.807, 2.05) is 6.08 Å². The van der Waals surface area contributed by atoms with E-state index in [0.29, 0.717) is 0 Å². The van der Waals surface area contributed by atoms with Gasteiger partial charge in [-0.2, -0.15) is 0 Å². The van der Waals surface area contributed by atoms with Crippen molar-refractivity contribution in [3.8, 4) is 11.1 Å². The Morgan fingerprint density at radius 2 is 1.10 bits per heavy atom. The molecular formula is C49H31N. The van der Waals surface area contributed by atoms with Gasteiger partial charge in [-0.3, -0.25) is 0 Å². The van der Waals surface area contributed by atoms with Crippen molar-refractivity contribution in [3.63, 3.8) is 0 Å². The van der Waals surface area contributed by atoms with Crippen LogP contribution in [0, 0.1) is 0 Å². The molecule has 1 nitrogen and oxygen atoms in total. The van der Waals surface area contributed by atoms with Crippen LogP contribution in [-0.2, 0) is 0 Å². The molecule has 0 fully saturated rings. The van der Waals surface area contributed by atoms with Crippen molar-refractivity contribution in [2.75, 3.05) is 0 Å². The third kappa shape index (κ3) is 3.41. The summed E-state index contributed by atoms with van der Waals surface area (Å²) in [5.41, 5.74) is 7.29. The van der Waals surface area contributed by atoms with Gasteiger partial charge in [0.2, 0.25) is 0 Å². The van der Waals surface area contributed by atoms with Crippen molar-refractivity contribution in [1.82, 2.24) is 4.98 Å². The summed E-state index contributed by atoms with van der Waals surface area (Å²) in [7, 11) is 0. The Balaban J connectivity index is 1.52.